The molecule has 0 saturated heterocycles. The van der Waals surface area contributed by atoms with Crippen LogP contribution in [0.4, 0.5) is 0 Å². The fourth-order valence-corrected chi connectivity index (χ4v) is 2.38. The molecule has 0 heterocycles. The van der Waals surface area contributed by atoms with Crippen molar-refractivity contribution in [2.75, 3.05) is 0 Å². The second kappa shape index (κ2) is 1.53. The summed E-state index contributed by atoms with van der Waals surface area (Å²) >= 11 is 0. The molecule has 2 saturated carbocycles. The lowest BCUT2D eigenvalue weighted by Crippen LogP contribution is -2.67. The lowest BCUT2D eigenvalue weighted by Gasteiger charge is -2.61. The molecule has 0 bridgehead atoms. The molecule has 2 aliphatic rings. The molecule has 5 N–H and O–H groups in total. The van der Waals surface area contributed by atoms with Crippen LogP contribution in [0.25, 0.3) is 0 Å². The highest BCUT2D eigenvalue weighted by Crippen LogP contribution is 2.60. The molecule has 2 fully saturated rings. The van der Waals surface area contributed by atoms with Gasteiger partial charge in [0.1, 0.15) is 0 Å². The SMILES string of the molecule is N=C(N)C12CCC1C(N)C2. The molecular formula is C7H13N3. The molecule has 56 valence electrons. The van der Waals surface area contributed by atoms with Crippen LogP contribution in [0.2, 0.25) is 0 Å². The molecule has 3 nitrogen and oxygen atoms in total. The molecule has 0 aliphatic heterocycles. The van der Waals surface area contributed by atoms with E-state index in [-0.39, 0.29) is 5.41 Å². The van der Waals surface area contributed by atoms with Crippen molar-refractivity contribution in [1.82, 2.24) is 0 Å². The zero-order valence-corrected chi connectivity index (χ0v) is 5.93. The summed E-state index contributed by atoms with van der Waals surface area (Å²) < 4.78 is 0. The monoisotopic (exact) mass is 139 g/mol. The Morgan fingerprint density at radius 1 is 1.60 bits per heavy atom. The van der Waals surface area contributed by atoms with Crippen molar-refractivity contribution in [3.8, 4) is 0 Å². The number of amidine groups is 1. The van der Waals surface area contributed by atoms with E-state index in [2.05, 4.69) is 0 Å². The molecule has 3 atom stereocenters. The Kier molecular flexibility index (Phi) is 0.944. The summed E-state index contributed by atoms with van der Waals surface area (Å²) in [5.41, 5.74) is 11.3. The average molecular weight is 139 g/mol. The molecule has 3 unspecified atom stereocenters. The van der Waals surface area contributed by atoms with Gasteiger partial charge in [0, 0.05) is 11.5 Å². The standard InChI is InChI=1S/C7H13N3/c8-5-3-7(6(9)10)2-1-4(5)7/h4-5H,1-3,8H2,(H3,9,10). The zero-order chi connectivity index (χ0) is 7.35. The summed E-state index contributed by atoms with van der Waals surface area (Å²) in [5, 5.41) is 7.34. The Bertz CT molecular complexity index is 189. The smallest absolute Gasteiger partial charge is 0.0972 e. The van der Waals surface area contributed by atoms with Gasteiger partial charge in [-0.3, -0.25) is 5.41 Å². The summed E-state index contributed by atoms with van der Waals surface area (Å²) in [4.78, 5) is 0. The molecule has 0 aromatic heterocycles. The van der Waals surface area contributed by atoms with Crippen LogP contribution in [-0.2, 0) is 0 Å². The predicted molar refractivity (Wildman–Crippen MR) is 39.7 cm³/mol. The van der Waals surface area contributed by atoms with E-state index in [9.17, 15) is 0 Å². The van der Waals surface area contributed by atoms with Crippen molar-refractivity contribution in [3.63, 3.8) is 0 Å². The topological polar surface area (TPSA) is 75.9 Å². The van der Waals surface area contributed by atoms with Crippen molar-refractivity contribution < 1.29 is 0 Å². The van der Waals surface area contributed by atoms with E-state index < -0.39 is 0 Å². The number of hydrogen-bond acceptors (Lipinski definition) is 2. The van der Waals surface area contributed by atoms with E-state index in [0.717, 1.165) is 12.8 Å². The minimum Gasteiger partial charge on any atom is -0.387 e. The largest absolute Gasteiger partial charge is 0.387 e. The number of rotatable bonds is 1. The maximum absolute atomic E-state index is 7.34. The third-order valence-corrected chi connectivity index (χ3v) is 3.26. The Morgan fingerprint density at radius 2 is 2.30 bits per heavy atom. The summed E-state index contributed by atoms with van der Waals surface area (Å²) in [6.07, 6.45) is 3.23. The van der Waals surface area contributed by atoms with Crippen LogP contribution in [0.3, 0.4) is 0 Å². The third kappa shape index (κ3) is 0.440. The first-order chi connectivity index (χ1) is 4.67. The Morgan fingerprint density at radius 3 is 2.40 bits per heavy atom. The highest BCUT2D eigenvalue weighted by atomic mass is 14.9. The first-order valence-corrected chi connectivity index (χ1v) is 3.77. The molecule has 2 rings (SSSR count). The van der Waals surface area contributed by atoms with Crippen LogP contribution in [0, 0.1) is 16.7 Å². The lowest BCUT2D eigenvalue weighted by atomic mass is 9.45. The highest BCUT2D eigenvalue weighted by Gasteiger charge is 2.60. The van der Waals surface area contributed by atoms with Crippen LogP contribution in [0.1, 0.15) is 19.3 Å². The molecule has 3 heteroatoms. The maximum atomic E-state index is 7.34. The molecule has 0 amide bonds. The highest BCUT2D eigenvalue weighted by molar-refractivity contribution is 5.86. The van der Waals surface area contributed by atoms with Gasteiger partial charge in [-0.15, -0.1) is 0 Å². The normalized spacial score (nSPS) is 50.5. The van der Waals surface area contributed by atoms with Crippen LogP contribution in [0.15, 0.2) is 0 Å². The van der Waals surface area contributed by atoms with Gasteiger partial charge in [-0.05, 0) is 25.2 Å². The van der Waals surface area contributed by atoms with Crippen LogP contribution in [0.5, 0.6) is 0 Å². The first-order valence-electron chi connectivity index (χ1n) is 3.77. The van der Waals surface area contributed by atoms with Gasteiger partial charge in [0.2, 0.25) is 0 Å². The molecular weight excluding hydrogens is 126 g/mol. The van der Waals surface area contributed by atoms with Crippen molar-refractivity contribution >= 4 is 5.84 Å². The second-order valence-electron chi connectivity index (χ2n) is 3.58. The fourth-order valence-electron chi connectivity index (χ4n) is 2.38. The Labute approximate surface area is 60.3 Å². The van der Waals surface area contributed by atoms with Gasteiger partial charge in [0.15, 0.2) is 0 Å². The van der Waals surface area contributed by atoms with Gasteiger partial charge in [-0.1, -0.05) is 0 Å². The third-order valence-electron chi connectivity index (χ3n) is 3.26. The number of nitrogens with one attached hydrogen (secondary N) is 1. The lowest BCUT2D eigenvalue weighted by molar-refractivity contribution is -0.0332. The minimum atomic E-state index is 0.0689. The van der Waals surface area contributed by atoms with Crippen molar-refractivity contribution in [2.24, 2.45) is 22.8 Å². The van der Waals surface area contributed by atoms with E-state index in [1.807, 2.05) is 0 Å². The molecule has 0 aromatic carbocycles. The van der Waals surface area contributed by atoms with E-state index in [1.165, 1.54) is 6.42 Å². The van der Waals surface area contributed by atoms with E-state index in [4.69, 9.17) is 16.9 Å². The zero-order valence-electron chi connectivity index (χ0n) is 5.93. The molecule has 2 aliphatic carbocycles. The summed E-state index contributed by atoms with van der Waals surface area (Å²) in [6, 6.07) is 0.331. The van der Waals surface area contributed by atoms with Crippen LogP contribution in [-0.4, -0.2) is 11.9 Å². The van der Waals surface area contributed by atoms with Crippen LogP contribution < -0.4 is 11.5 Å². The molecule has 0 spiro atoms. The number of nitrogens with two attached hydrogens (primary N) is 2. The number of hydrogen-bond donors (Lipinski definition) is 3. The molecule has 0 radical (unpaired) electrons. The van der Waals surface area contributed by atoms with Gasteiger partial charge in [-0.25, -0.2) is 0 Å². The summed E-state index contributed by atoms with van der Waals surface area (Å²) in [7, 11) is 0. The summed E-state index contributed by atoms with van der Waals surface area (Å²) in [6.45, 7) is 0. The first kappa shape index (κ1) is 6.16. The van der Waals surface area contributed by atoms with E-state index in [0.29, 0.717) is 17.8 Å². The van der Waals surface area contributed by atoms with Gasteiger partial charge in [0.25, 0.3) is 0 Å². The Balaban J connectivity index is 2.14. The van der Waals surface area contributed by atoms with Gasteiger partial charge in [0.05, 0.1) is 5.84 Å². The predicted octanol–water partition coefficient (Wildman–Crippen LogP) is 0.0498. The Hall–Kier alpha value is -0.570. The summed E-state index contributed by atoms with van der Waals surface area (Å²) in [5.74, 6) is 0.912. The van der Waals surface area contributed by atoms with E-state index in [1.54, 1.807) is 0 Å². The van der Waals surface area contributed by atoms with Gasteiger partial charge < -0.3 is 11.5 Å². The second-order valence-corrected chi connectivity index (χ2v) is 3.58. The maximum Gasteiger partial charge on any atom is 0.0972 e. The van der Waals surface area contributed by atoms with Gasteiger partial charge >= 0.3 is 0 Å². The quantitative estimate of drug-likeness (QED) is 0.354. The van der Waals surface area contributed by atoms with E-state index >= 15 is 0 Å². The minimum absolute atomic E-state index is 0.0689. The fraction of sp³-hybridized carbons (Fsp3) is 0.857. The molecule has 0 aromatic rings. The average Bonchev–Trinajstić information content (AvgIpc) is 1.80. The van der Waals surface area contributed by atoms with Crippen molar-refractivity contribution in [3.05, 3.63) is 0 Å². The van der Waals surface area contributed by atoms with Crippen molar-refractivity contribution in [1.29, 1.82) is 5.41 Å². The van der Waals surface area contributed by atoms with Crippen molar-refractivity contribution in [2.45, 2.75) is 25.3 Å². The molecule has 10 heavy (non-hydrogen) atoms. The van der Waals surface area contributed by atoms with Gasteiger partial charge in [-0.2, -0.15) is 0 Å². The number of fused-ring (bicyclic) bond motifs is 1. The van der Waals surface area contributed by atoms with Crippen LogP contribution >= 0.6 is 0 Å².